The molecule has 0 aliphatic rings. The van der Waals surface area contributed by atoms with Gasteiger partial charge in [-0.05, 0) is 36.1 Å². The second-order valence-electron chi connectivity index (χ2n) is 5.48. The van der Waals surface area contributed by atoms with Crippen molar-refractivity contribution in [3.8, 4) is 5.75 Å². The van der Waals surface area contributed by atoms with Crippen molar-refractivity contribution in [2.75, 3.05) is 7.11 Å². The third-order valence-corrected chi connectivity index (χ3v) is 3.82. The van der Waals surface area contributed by atoms with Crippen LogP contribution in [0.15, 0.2) is 54.6 Å². The van der Waals surface area contributed by atoms with Crippen LogP contribution in [0.25, 0.3) is 0 Å². The van der Waals surface area contributed by atoms with E-state index in [0.717, 1.165) is 18.4 Å². The number of amides is 1. The highest BCUT2D eigenvalue weighted by atomic mass is 16.5. The molecule has 0 bridgehead atoms. The second kappa shape index (κ2) is 8.34. The van der Waals surface area contributed by atoms with Gasteiger partial charge in [0.05, 0.1) is 7.11 Å². The monoisotopic (exact) mass is 313 g/mol. The van der Waals surface area contributed by atoms with Crippen molar-refractivity contribution in [2.45, 2.75) is 31.9 Å². The third kappa shape index (κ3) is 4.83. The van der Waals surface area contributed by atoms with Gasteiger partial charge in [-0.2, -0.15) is 0 Å². The van der Waals surface area contributed by atoms with Crippen LogP contribution in [-0.4, -0.2) is 24.2 Å². The van der Waals surface area contributed by atoms with Gasteiger partial charge in [0.15, 0.2) is 6.10 Å². The number of benzene rings is 2. The van der Waals surface area contributed by atoms with Crippen molar-refractivity contribution in [3.05, 3.63) is 65.7 Å². The molecule has 4 nitrogen and oxygen atoms in total. The maximum Gasteiger partial charge on any atom is 0.253 e. The molecular formula is C19H23NO3. The Bertz CT molecular complexity index is 628. The lowest BCUT2D eigenvalue weighted by Crippen LogP contribution is -2.39. The molecule has 0 saturated heterocycles. The first-order chi connectivity index (χ1) is 11.1. The molecule has 0 aliphatic heterocycles. The van der Waals surface area contributed by atoms with Crippen LogP contribution in [0.1, 0.15) is 30.6 Å². The summed E-state index contributed by atoms with van der Waals surface area (Å²) in [6.45, 7) is 2.02. The van der Waals surface area contributed by atoms with Crippen molar-refractivity contribution in [3.63, 3.8) is 0 Å². The zero-order chi connectivity index (χ0) is 16.7. The van der Waals surface area contributed by atoms with E-state index < -0.39 is 6.10 Å². The molecule has 2 unspecified atom stereocenters. The number of carbonyl (C=O) groups is 1. The Balaban J connectivity index is 2.00. The molecule has 2 aromatic rings. The first-order valence-corrected chi connectivity index (χ1v) is 7.80. The van der Waals surface area contributed by atoms with Crippen LogP contribution in [0, 0.1) is 0 Å². The van der Waals surface area contributed by atoms with Gasteiger partial charge in [-0.15, -0.1) is 0 Å². The van der Waals surface area contributed by atoms with Gasteiger partial charge in [0.25, 0.3) is 5.91 Å². The summed E-state index contributed by atoms with van der Waals surface area (Å²) in [6.07, 6.45) is 0.342. The smallest absolute Gasteiger partial charge is 0.253 e. The molecule has 2 N–H and O–H groups in total. The minimum atomic E-state index is -1.20. The average molecular weight is 313 g/mol. The first kappa shape index (κ1) is 17.0. The van der Waals surface area contributed by atoms with Gasteiger partial charge in [-0.1, -0.05) is 49.4 Å². The Morgan fingerprint density at radius 2 is 1.91 bits per heavy atom. The summed E-state index contributed by atoms with van der Waals surface area (Å²) in [5, 5.41) is 13.2. The molecule has 0 radical (unpaired) electrons. The summed E-state index contributed by atoms with van der Waals surface area (Å²) in [6, 6.07) is 16.9. The average Bonchev–Trinajstić information content (AvgIpc) is 2.61. The summed E-state index contributed by atoms with van der Waals surface area (Å²) in [4.78, 5) is 12.3. The molecular weight excluding hydrogens is 290 g/mol. The summed E-state index contributed by atoms with van der Waals surface area (Å²) < 4.78 is 5.12. The molecule has 4 heteroatoms. The Morgan fingerprint density at radius 3 is 2.57 bits per heavy atom. The van der Waals surface area contributed by atoms with E-state index in [1.54, 1.807) is 31.4 Å². The first-order valence-electron chi connectivity index (χ1n) is 7.80. The molecule has 23 heavy (non-hydrogen) atoms. The Labute approximate surface area is 137 Å². The summed E-state index contributed by atoms with van der Waals surface area (Å²) in [7, 11) is 1.55. The van der Waals surface area contributed by atoms with Gasteiger partial charge < -0.3 is 15.2 Å². The van der Waals surface area contributed by atoms with Crippen LogP contribution in [-0.2, 0) is 11.2 Å². The number of aliphatic hydroxyl groups is 1. The van der Waals surface area contributed by atoms with Crippen LogP contribution < -0.4 is 10.1 Å². The zero-order valence-electron chi connectivity index (χ0n) is 13.5. The van der Waals surface area contributed by atoms with Crippen LogP contribution in [0.2, 0.25) is 0 Å². The van der Waals surface area contributed by atoms with Gasteiger partial charge in [-0.3, -0.25) is 4.79 Å². The Morgan fingerprint density at radius 1 is 1.17 bits per heavy atom. The molecule has 2 aromatic carbocycles. The van der Waals surface area contributed by atoms with E-state index in [2.05, 4.69) is 5.32 Å². The fourth-order valence-electron chi connectivity index (χ4n) is 2.44. The largest absolute Gasteiger partial charge is 0.497 e. The normalized spacial score (nSPS) is 13.2. The van der Waals surface area contributed by atoms with E-state index >= 15 is 0 Å². The number of carbonyl (C=O) groups excluding carboxylic acids is 1. The lowest BCUT2D eigenvalue weighted by Gasteiger charge is -2.20. The fourth-order valence-corrected chi connectivity index (χ4v) is 2.44. The predicted octanol–water partition coefficient (Wildman–Crippen LogP) is 2.87. The van der Waals surface area contributed by atoms with Crippen molar-refractivity contribution >= 4 is 5.91 Å². The van der Waals surface area contributed by atoms with E-state index in [0.29, 0.717) is 11.3 Å². The van der Waals surface area contributed by atoms with Crippen LogP contribution >= 0.6 is 0 Å². The van der Waals surface area contributed by atoms with Gasteiger partial charge in [0.1, 0.15) is 5.75 Å². The molecule has 0 fully saturated rings. The highest BCUT2D eigenvalue weighted by Crippen LogP contribution is 2.19. The van der Waals surface area contributed by atoms with Crippen molar-refractivity contribution in [2.24, 2.45) is 0 Å². The molecule has 122 valence electrons. The predicted molar refractivity (Wildman–Crippen MR) is 90.3 cm³/mol. The summed E-state index contributed by atoms with van der Waals surface area (Å²) >= 11 is 0. The van der Waals surface area contributed by atoms with E-state index in [-0.39, 0.29) is 11.9 Å². The van der Waals surface area contributed by atoms with Gasteiger partial charge in [0.2, 0.25) is 0 Å². The topological polar surface area (TPSA) is 58.6 Å². The SMILES string of the molecule is CCC(Cc1ccccc1)NC(=O)C(O)c1cccc(OC)c1. The number of nitrogens with one attached hydrogen (secondary N) is 1. The molecule has 0 aliphatic carbocycles. The highest BCUT2D eigenvalue weighted by molar-refractivity contribution is 5.82. The molecule has 0 saturated carbocycles. The van der Waals surface area contributed by atoms with Crippen molar-refractivity contribution in [1.29, 1.82) is 0 Å². The van der Waals surface area contributed by atoms with Crippen LogP contribution in [0.5, 0.6) is 5.75 Å². The lowest BCUT2D eigenvalue weighted by molar-refractivity contribution is -0.130. The molecule has 2 atom stereocenters. The molecule has 0 heterocycles. The van der Waals surface area contributed by atoms with Gasteiger partial charge >= 0.3 is 0 Å². The molecule has 2 rings (SSSR count). The van der Waals surface area contributed by atoms with Gasteiger partial charge in [-0.25, -0.2) is 0 Å². The minimum Gasteiger partial charge on any atom is -0.497 e. The van der Waals surface area contributed by atoms with E-state index in [1.807, 2.05) is 37.3 Å². The number of hydrogen-bond acceptors (Lipinski definition) is 3. The van der Waals surface area contributed by atoms with Gasteiger partial charge in [0, 0.05) is 6.04 Å². The quantitative estimate of drug-likeness (QED) is 0.826. The molecule has 0 spiro atoms. The highest BCUT2D eigenvalue weighted by Gasteiger charge is 2.20. The standard InChI is InChI=1S/C19H23NO3/c1-3-16(12-14-8-5-4-6-9-14)20-19(22)18(21)15-10-7-11-17(13-15)23-2/h4-11,13,16,18,21H,3,12H2,1-2H3,(H,20,22). The number of aliphatic hydroxyl groups excluding tert-OH is 1. The molecule has 0 aromatic heterocycles. The Hall–Kier alpha value is -2.33. The maximum atomic E-state index is 12.3. The van der Waals surface area contributed by atoms with Crippen molar-refractivity contribution < 1.29 is 14.6 Å². The third-order valence-electron chi connectivity index (χ3n) is 3.82. The second-order valence-corrected chi connectivity index (χ2v) is 5.48. The van der Waals surface area contributed by atoms with E-state index in [9.17, 15) is 9.90 Å². The zero-order valence-corrected chi connectivity index (χ0v) is 13.5. The van der Waals surface area contributed by atoms with Crippen molar-refractivity contribution in [1.82, 2.24) is 5.32 Å². The number of hydrogen-bond donors (Lipinski definition) is 2. The Kier molecular flexibility index (Phi) is 6.18. The number of methoxy groups -OCH3 is 1. The van der Waals surface area contributed by atoms with Crippen LogP contribution in [0.3, 0.4) is 0 Å². The van der Waals surface area contributed by atoms with E-state index in [4.69, 9.17) is 4.74 Å². The number of rotatable bonds is 7. The minimum absolute atomic E-state index is 0.00911. The number of ether oxygens (including phenoxy) is 1. The summed E-state index contributed by atoms with van der Waals surface area (Å²) in [5.74, 6) is 0.228. The van der Waals surface area contributed by atoms with Crippen LogP contribution in [0.4, 0.5) is 0 Å². The van der Waals surface area contributed by atoms with E-state index in [1.165, 1.54) is 0 Å². The maximum absolute atomic E-state index is 12.3. The molecule has 1 amide bonds. The fraction of sp³-hybridized carbons (Fsp3) is 0.316. The lowest BCUT2D eigenvalue weighted by atomic mass is 10.0. The summed E-state index contributed by atoms with van der Waals surface area (Å²) in [5.41, 5.74) is 1.69.